The van der Waals surface area contributed by atoms with Crippen LogP contribution in [0, 0.1) is 0 Å². The van der Waals surface area contributed by atoms with E-state index in [2.05, 4.69) is 10.6 Å². The number of aliphatic carboxylic acids is 1. The Balaban J connectivity index is 5.82. The first-order valence-corrected chi connectivity index (χ1v) is 8.60. The predicted octanol–water partition coefficient (Wildman–Crippen LogP) is -0.897. The Labute approximate surface area is 134 Å². The van der Waals surface area contributed by atoms with E-state index in [4.69, 9.17) is 10.8 Å². The molecule has 0 radical (unpaired) electrons. The number of carbonyl (C=O) groups is 3. The lowest BCUT2D eigenvalue weighted by Gasteiger charge is -2.39. The van der Waals surface area contributed by atoms with E-state index in [9.17, 15) is 28.7 Å². The summed E-state index contributed by atoms with van der Waals surface area (Å²) in [6, 6.07) is -2.39. The molecule has 0 aliphatic heterocycles. The van der Waals surface area contributed by atoms with Crippen molar-refractivity contribution in [2.24, 2.45) is 5.73 Å². The minimum Gasteiger partial charge on any atom is -0.481 e. The highest BCUT2D eigenvalue weighted by atomic mass is 31.2. The molecule has 2 amide bonds. The average Bonchev–Trinajstić information content (AvgIpc) is 2.35. The summed E-state index contributed by atoms with van der Waals surface area (Å²) in [4.78, 5) is 53.7. The number of hydrogen-bond acceptors (Lipinski definition) is 5. The number of rotatable bonds is 9. The van der Waals surface area contributed by atoms with Gasteiger partial charge in [0.1, 0.15) is 0 Å². The van der Waals surface area contributed by atoms with Crippen LogP contribution in [0.25, 0.3) is 0 Å². The lowest BCUT2D eigenvalue weighted by atomic mass is 10.0. The first kappa shape index (κ1) is 21.5. The van der Waals surface area contributed by atoms with E-state index in [1.807, 2.05) is 0 Å². The average molecular weight is 353 g/mol. The lowest BCUT2D eigenvalue weighted by molar-refractivity contribution is -0.139. The van der Waals surface area contributed by atoms with Crippen molar-refractivity contribution in [2.75, 3.05) is 0 Å². The van der Waals surface area contributed by atoms with Gasteiger partial charge in [-0.15, -0.1) is 0 Å². The van der Waals surface area contributed by atoms with Gasteiger partial charge in [0.2, 0.25) is 11.8 Å². The number of carbonyl (C=O) groups excluding carboxylic acids is 2. The minimum absolute atomic E-state index is 0.255. The van der Waals surface area contributed by atoms with Crippen molar-refractivity contribution < 1.29 is 33.8 Å². The van der Waals surface area contributed by atoms with Gasteiger partial charge in [0, 0.05) is 6.92 Å². The molecule has 0 aliphatic carbocycles. The van der Waals surface area contributed by atoms with Gasteiger partial charge in [-0.1, -0.05) is 13.3 Å². The van der Waals surface area contributed by atoms with E-state index in [-0.39, 0.29) is 6.42 Å². The highest BCUT2D eigenvalue weighted by molar-refractivity contribution is 7.53. The molecule has 0 aromatic carbocycles. The molecule has 7 N–H and O–H groups in total. The Morgan fingerprint density at radius 1 is 1.30 bits per heavy atom. The van der Waals surface area contributed by atoms with Gasteiger partial charge in [0.05, 0.1) is 18.5 Å². The predicted molar refractivity (Wildman–Crippen MR) is 81.3 cm³/mol. The second-order valence-electron chi connectivity index (χ2n) is 5.35. The van der Waals surface area contributed by atoms with Crippen molar-refractivity contribution in [1.29, 1.82) is 0 Å². The third-order valence-corrected chi connectivity index (χ3v) is 5.05. The summed E-state index contributed by atoms with van der Waals surface area (Å²) >= 11 is 0. The minimum atomic E-state index is -5.17. The molecule has 2 unspecified atom stereocenters. The SMILES string of the molecule is CCC[C@H](N)C(=O)NC(CC(=O)O)(C(C)NC(C)=O)P(=O)(O)O. The Kier molecular flexibility index (Phi) is 7.85. The van der Waals surface area contributed by atoms with Gasteiger partial charge < -0.3 is 31.3 Å². The Bertz CT molecular complexity index is 507. The Hall–Kier alpha value is -1.48. The zero-order valence-electron chi connectivity index (χ0n) is 13.3. The van der Waals surface area contributed by atoms with Gasteiger partial charge in [0.25, 0.3) is 0 Å². The standard InChI is InChI=1S/C12H24N3O7P/c1-4-5-9(13)11(19)15-12(6-10(17)18,23(20,21)22)7(2)14-8(3)16/h7,9H,4-6,13H2,1-3H3,(H,14,16)(H,15,19)(H,17,18)(H2,20,21,22)/t7?,9-,12?/m0/s1. The summed E-state index contributed by atoms with van der Waals surface area (Å²) in [6.07, 6.45) is -0.272. The van der Waals surface area contributed by atoms with E-state index >= 15 is 0 Å². The van der Waals surface area contributed by atoms with Gasteiger partial charge in [-0.2, -0.15) is 0 Å². The number of carboxylic acid groups (broad SMARTS) is 1. The molecule has 0 spiro atoms. The summed E-state index contributed by atoms with van der Waals surface area (Å²) in [5.41, 5.74) is 5.61. The molecule has 0 bridgehead atoms. The summed E-state index contributed by atoms with van der Waals surface area (Å²) < 4.78 is 12.0. The van der Waals surface area contributed by atoms with Crippen LogP contribution < -0.4 is 16.4 Å². The highest BCUT2D eigenvalue weighted by Crippen LogP contribution is 2.52. The molecule has 23 heavy (non-hydrogen) atoms. The monoisotopic (exact) mass is 353 g/mol. The molecule has 0 heterocycles. The van der Waals surface area contributed by atoms with Crippen molar-refractivity contribution in [3.63, 3.8) is 0 Å². The fourth-order valence-electron chi connectivity index (χ4n) is 2.14. The van der Waals surface area contributed by atoms with Crippen LogP contribution in [0.3, 0.4) is 0 Å². The Morgan fingerprint density at radius 2 is 1.83 bits per heavy atom. The van der Waals surface area contributed by atoms with Gasteiger partial charge in [-0.05, 0) is 13.3 Å². The van der Waals surface area contributed by atoms with Gasteiger partial charge in [-0.25, -0.2) is 0 Å². The fraction of sp³-hybridized carbons (Fsp3) is 0.750. The van der Waals surface area contributed by atoms with Crippen molar-refractivity contribution >= 4 is 25.4 Å². The third-order valence-electron chi connectivity index (χ3n) is 3.35. The zero-order chi connectivity index (χ0) is 18.4. The maximum atomic E-state index is 12.1. The van der Waals surface area contributed by atoms with Crippen molar-refractivity contribution in [3.05, 3.63) is 0 Å². The highest BCUT2D eigenvalue weighted by Gasteiger charge is 2.54. The molecule has 0 aromatic heterocycles. The van der Waals surface area contributed by atoms with Crippen molar-refractivity contribution in [3.8, 4) is 0 Å². The van der Waals surface area contributed by atoms with Crippen molar-refractivity contribution in [1.82, 2.24) is 10.6 Å². The second kappa shape index (κ2) is 8.39. The number of hydrogen-bond donors (Lipinski definition) is 6. The van der Waals surface area contributed by atoms with E-state index < -0.39 is 49.2 Å². The number of nitrogens with one attached hydrogen (secondary N) is 2. The molecule has 0 saturated heterocycles. The van der Waals surface area contributed by atoms with Gasteiger partial charge in [-0.3, -0.25) is 18.9 Å². The second-order valence-corrected chi connectivity index (χ2v) is 7.23. The largest absolute Gasteiger partial charge is 0.481 e. The molecule has 0 saturated carbocycles. The van der Waals surface area contributed by atoms with Crippen LogP contribution in [-0.2, 0) is 18.9 Å². The van der Waals surface area contributed by atoms with Crippen LogP contribution in [0.15, 0.2) is 0 Å². The van der Waals surface area contributed by atoms with Gasteiger partial charge >= 0.3 is 13.6 Å². The summed E-state index contributed by atoms with van der Waals surface area (Å²) in [5, 5.41) is 10.8. The van der Waals surface area contributed by atoms with E-state index in [0.29, 0.717) is 6.42 Å². The third kappa shape index (κ3) is 5.91. The van der Waals surface area contributed by atoms with E-state index in [0.717, 1.165) is 6.92 Å². The zero-order valence-corrected chi connectivity index (χ0v) is 14.2. The quantitative estimate of drug-likeness (QED) is 0.289. The summed E-state index contributed by atoms with van der Waals surface area (Å²) in [5.74, 6) is -3.07. The normalized spacial score (nSPS) is 16.8. The summed E-state index contributed by atoms with van der Waals surface area (Å²) in [7, 11) is -5.17. The smallest absolute Gasteiger partial charge is 0.353 e. The first-order valence-electron chi connectivity index (χ1n) is 6.99. The number of carboxylic acids is 1. The number of amides is 2. The lowest BCUT2D eigenvalue weighted by Crippen LogP contribution is -2.63. The van der Waals surface area contributed by atoms with Crippen LogP contribution in [0.4, 0.5) is 0 Å². The topological polar surface area (TPSA) is 179 Å². The van der Waals surface area contributed by atoms with Crippen LogP contribution in [0.1, 0.15) is 40.0 Å². The maximum absolute atomic E-state index is 12.1. The molecular weight excluding hydrogens is 329 g/mol. The van der Waals surface area contributed by atoms with Crippen LogP contribution in [0.2, 0.25) is 0 Å². The van der Waals surface area contributed by atoms with Crippen LogP contribution >= 0.6 is 7.60 Å². The first-order chi connectivity index (χ1) is 10.4. The molecule has 134 valence electrons. The molecular formula is C12H24N3O7P. The van der Waals surface area contributed by atoms with E-state index in [1.54, 1.807) is 6.92 Å². The molecule has 0 aromatic rings. The van der Waals surface area contributed by atoms with Crippen LogP contribution in [0.5, 0.6) is 0 Å². The number of nitrogens with two attached hydrogens (primary N) is 1. The molecule has 0 rings (SSSR count). The van der Waals surface area contributed by atoms with Crippen LogP contribution in [-0.4, -0.2) is 50.0 Å². The maximum Gasteiger partial charge on any atom is 0.353 e. The molecule has 3 atom stereocenters. The molecule has 11 heteroatoms. The molecule has 0 fully saturated rings. The Morgan fingerprint density at radius 3 is 2.17 bits per heavy atom. The van der Waals surface area contributed by atoms with E-state index in [1.165, 1.54) is 6.92 Å². The molecule has 0 aliphatic rings. The van der Waals surface area contributed by atoms with Gasteiger partial charge in [0.15, 0.2) is 5.28 Å². The van der Waals surface area contributed by atoms with Crippen molar-refractivity contribution in [2.45, 2.75) is 57.4 Å². The summed E-state index contributed by atoms with van der Waals surface area (Å²) in [6.45, 7) is 4.07. The fourth-order valence-corrected chi connectivity index (χ4v) is 3.30. The molecule has 10 nitrogen and oxygen atoms in total.